The number of carbonyl (C=O) groups excluding carboxylic acids is 3. The van der Waals surface area contributed by atoms with Crippen LogP contribution in [0, 0.1) is 17.0 Å². The van der Waals surface area contributed by atoms with Crippen LogP contribution in [0.4, 0.5) is 11.4 Å². The number of nitrogens with one attached hydrogen (secondary N) is 2. The molecule has 10 nitrogen and oxygen atoms in total. The van der Waals surface area contributed by atoms with E-state index < -0.39 is 35.4 Å². The molecule has 0 bridgehead atoms. The van der Waals surface area contributed by atoms with Gasteiger partial charge in [0.25, 0.3) is 17.5 Å². The van der Waals surface area contributed by atoms with Crippen molar-refractivity contribution in [2.75, 3.05) is 19.0 Å². The van der Waals surface area contributed by atoms with E-state index >= 15 is 0 Å². The summed E-state index contributed by atoms with van der Waals surface area (Å²) in [7, 11) is 1.42. The zero-order valence-electron chi connectivity index (χ0n) is 16.9. The van der Waals surface area contributed by atoms with Gasteiger partial charge in [-0.05, 0) is 31.5 Å². The maximum Gasteiger partial charge on any atom is 0.328 e. The third-order valence-electron chi connectivity index (χ3n) is 4.12. The first-order valence-electron chi connectivity index (χ1n) is 8.98. The second-order valence-electron chi connectivity index (χ2n) is 6.46. The lowest BCUT2D eigenvalue weighted by Crippen LogP contribution is -2.40. The number of aryl methyl sites for hydroxylation is 1. The Labute approximate surface area is 182 Å². The minimum Gasteiger partial charge on any atom is -0.495 e. The van der Waals surface area contributed by atoms with Gasteiger partial charge in [0, 0.05) is 28.8 Å². The van der Waals surface area contributed by atoms with E-state index in [1.165, 1.54) is 32.2 Å². The van der Waals surface area contributed by atoms with Gasteiger partial charge in [0.2, 0.25) is 0 Å². The summed E-state index contributed by atoms with van der Waals surface area (Å²) in [6.45, 7) is 2.52. The minimum atomic E-state index is -1.09. The second-order valence-corrected chi connectivity index (χ2v) is 6.87. The molecule has 2 aromatic carbocycles. The molecule has 1 atom stereocenters. The molecule has 11 heteroatoms. The van der Waals surface area contributed by atoms with Crippen LogP contribution in [-0.4, -0.2) is 42.5 Å². The summed E-state index contributed by atoms with van der Waals surface area (Å²) < 4.78 is 10.1. The fourth-order valence-electron chi connectivity index (χ4n) is 2.48. The lowest BCUT2D eigenvalue weighted by Gasteiger charge is -2.14. The number of ether oxygens (including phenoxy) is 2. The number of amides is 2. The van der Waals surface area contributed by atoms with Gasteiger partial charge in [-0.25, -0.2) is 4.79 Å². The molecule has 2 amide bonds. The first-order valence-corrected chi connectivity index (χ1v) is 9.36. The summed E-state index contributed by atoms with van der Waals surface area (Å²) >= 11 is 6.02. The van der Waals surface area contributed by atoms with Crippen LogP contribution in [0.2, 0.25) is 5.02 Å². The molecular formula is C20H20ClN3O7. The molecule has 0 saturated carbocycles. The highest BCUT2D eigenvalue weighted by Gasteiger charge is 2.20. The predicted octanol–water partition coefficient (Wildman–Crippen LogP) is 2.87. The van der Waals surface area contributed by atoms with Gasteiger partial charge in [0.05, 0.1) is 17.7 Å². The number of carbonyl (C=O) groups is 3. The summed E-state index contributed by atoms with van der Waals surface area (Å²) in [5.74, 6) is -1.83. The molecule has 0 aromatic heterocycles. The molecule has 0 saturated heterocycles. The van der Waals surface area contributed by atoms with E-state index in [4.69, 9.17) is 21.1 Å². The molecule has 0 aliphatic rings. The predicted molar refractivity (Wildman–Crippen MR) is 112 cm³/mol. The van der Waals surface area contributed by atoms with Crippen LogP contribution in [0.1, 0.15) is 22.8 Å². The molecule has 2 aromatic rings. The van der Waals surface area contributed by atoms with Gasteiger partial charge in [-0.1, -0.05) is 17.7 Å². The molecule has 0 radical (unpaired) electrons. The van der Waals surface area contributed by atoms with Crippen LogP contribution < -0.4 is 15.4 Å². The Bertz CT molecular complexity index is 1030. The van der Waals surface area contributed by atoms with Crippen LogP contribution in [-0.2, 0) is 14.3 Å². The Kier molecular flexibility index (Phi) is 7.92. The Hall–Kier alpha value is -3.66. The zero-order valence-corrected chi connectivity index (χ0v) is 17.7. The van der Waals surface area contributed by atoms with Crippen molar-refractivity contribution in [3.05, 3.63) is 62.7 Å². The van der Waals surface area contributed by atoms with Crippen LogP contribution in [0.3, 0.4) is 0 Å². The fourth-order valence-corrected chi connectivity index (χ4v) is 2.63. The number of halogens is 1. The van der Waals surface area contributed by atoms with Crippen molar-refractivity contribution in [2.24, 2.45) is 0 Å². The lowest BCUT2D eigenvalue weighted by molar-refractivity contribution is -0.384. The van der Waals surface area contributed by atoms with Crippen molar-refractivity contribution in [1.29, 1.82) is 0 Å². The van der Waals surface area contributed by atoms with Gasteiger partial charge in [0.15, 0.2) is 6.61 Å². The van der Waals surface area contributed by atoms with E-state index in [1.807, 2.05) is 0 Å². The van der Waals surface area contributed by atoms with E-state index in [9.17, 15) is 24.5 Å². The lowest BCUT2D eigenvalue weighted by atomic mass is 10.2. The van der Waals surface area contributed by atoms with Gasteiger partial charge in [-0.2, -0.15) is 0 Å². The zero-order chi connectivity index (χ0) is 23.1. The first kappa shape index (κ1) is 23.6. The average molecular weight is 450 g/mol. The largest absolute Gasteiger partial charge is 0.495 e. The molecule has 0 spiro atoms. The SMILES string of the molecule is COc1cc(Cl)c(C)cc1NC(=O)COC(=O)C(C)NC(=O)c1cccc([N+](=O)[O-])c1. The van der Waals surface area contributed by atoms with E-state index in [0.717, 1.165) is 6.07 Å². The Balaban J connectivity index is 1.91. The monoisotopic (exact) mass is 449 g/mol. The number of anilines is 1. The molecule has 2 rings (SSSR count). The minimum absolute atomic E-state index is 0.0109. The van der Waals surface area contributed by atoms with Crippen molar-refractivity contribution in [3.63, 3.8) is 0 Å². The standard InChI is InChI=1S/C20H20ClN3O7/c1-11-7-16(17(30-3)9-15(11)21)23-18(25)10-31-20(27)12(2)22-19(26)13-5-4-6-14(8-13)24(28)29/h4-9,12H,10H2,1-3H3,(H,22,26)(H,23,25). The van der Waals surface area contributed by atoms with Crippen LogP contribution in [0.25, 0.3) is 0 Å². The van der Waals surface area contributed by atoms with Gasteiger partial charge < -0.3 is 20.1 Å². The highest BCUT2D eigenvalue weighted by Crippen LogP contribution is 2.30. The number of nitro groups is 1. The van der Waals surface area contributed by atoms with Crippen molar-refractivity contribution < 1.29 is 28.8 Å². The highest BCUT2D eigenvalue weighted by atomic mass is 35.5. The quantitative estimate of drug-likeness (QED) is 0.359. The smallest absolute Gasteiger partial charge is 0.328 e. The van der Waals surface area contributed by atoms with Gasteiger partial charge >= 0.3 is 5.97 Å². The van der Waals surface area contributed by atoms with E-state index in [-0.39, 0.29) is 11.3 Å². The number of esters is 1. The van der Waals surface area contributed by atoms with Gasteiger partial charge in [-0.3, -0.25) is 19.7 Å². The van der Waals surface area contributed by atoms with Crippen molar-refractivity contribution in [1.82, 2.24) is 5.32 Å². The highest BCUT2D eigenvalue weighted by molar-refractivity contribution is 6.31. The van der Waals surface area contributed by atoms with Crippen LogP contribution >= 0.6 is 11.6 Å². The Morgan fingerprint density at radius 2 is 1.94 bits per heavy atom. The van der Waals surface area contributed by atoms with Crippen molar-refractivity contribution >= 4 is 40.8 Å². The average Bonchev–Trinajstić information content (AvgIpc) is 2.74. The van der Waals surface area contributed by atoms with Crippen LogP contribution in [0.5, 0.6) is 5.75 Å². The summed E-state index contributed by atoms with van der Waals surface area (Å²) in [6.07, 6.45) is 0. The number of nitrogens with zero attached hydrogens (tertiary/aromatic N) is 1. The van der Waals surface area contributed by atoms with Gasteiger partial charge in [-0.15, -0.1) is 0 Å². The number of hydrogen-bond donors (Lipinski definition) is 2. The normalized spacial score (nSPS) is 11.2. The van der Waals surface area contributed by atoms with E-state index in [0.29, 0.717) is 22.0 Å². The number of rotatable bonds is 8. The molecule has 0 fully saturated rings. The molecule has 164 valence electrons. The summed E-state index contributed by atoms with van der Waals surface area (Å²) in [4.78, 5) is 46.6. The Morgan fingerprint density at radius 3 is 2.58 bits per heavy atom. The molecule has 0 aliphatic heterocycles. The molecule has 1 unspecified atom stereocenters. The number of benzene rings is 2. The third kappa shape index (κ3) is 6.41. The fraction of sp³-hybridized carbons (Fsp3) is 0.250. The second kappa shape index (κ2) is 10.4. The summed E-state index contributed by atoms with van der Waals surface area (Å²) in [6, 6.07) is 7.12. The maximum atomic E-state index is 12.2. The molecular weight excluding hydrogens is 430 g/mol. The van der Waals surface area contributed by atoms with E-state index in [2.05, 4.69) is 10.6 Å². The molecule has 2 N–H and O–H groups in total. The number of hydrogen-bond acceptors (Lipinski definition) is 7. The summed E-state index contributed by atoms with van der Waals surface area (Å²) in [5, 5.41) is 16.2. The number of methoxy groups -OCH3 is 1. The van der Waals surface area contributed by atoms with Gasteiger partial charge in [0.1, 0.15) is 11.8 Å². The third-order valence-corrected chi connectivity index (χ3v) is 4.53. The molecule has 31 heavy (non-hydrogen) atoms. The number of nitro benzene ring substituents is 1. The topological polar surface area (TPSA) is 137 Å². The van der Waals surface area contributed by atoms with Crippen LogP contribution in [0.15, 0.2) is 36.4 Å². The van der Waals surface area contributed by atoms with Crippen molar-refractivity contribution in [2.45, 2.75) is 19.9 Å². The van der Waals surface area contributed by atoms with E-state index in [1.54, 1.807) is 19.1 Å². The summed E-state index contributed by atoms with van der Waals surface area (Å²) in [5.41, 5.74) is 0.828. The molecule has 0 heterocycles. The van der Waals surface area contributed by atoms with Crippen molar-refractivity contribution in [3.8, 4) is 5.75 Å². The number of non-ortho nitro benzene ring substituents is 1. The first-order chi connectivity index (χ1) is 14.6. The Morgan fingerprint density at radius 1 is 1.23 bits per heavy atom. The maximum absolute atomic E-state index is 12.2. The molecule has 0 aliphatic carbocycles.